The zero-order chi connectivity index (χ0) is 23.8. The van der Waals surface area contributed by atoms with Crippen molar-refractivity contribution in [3.63, 3.8) is 0 Å². The number of nitrogens with zero attached hydrogens (tertiary/aromatic N) is 4. The van der Waals surface area contributed by atoms with Gasteiger partial charge in [0.05, 0.1) is 0 Å². The van der Waals surface area contributed by atoms with Crippen LogP contribution in [0.2, 0.25) is 5.02 Å². The Bertz CT molecular complexity index is 1110. The molecule has 1 unspecified atom stereocenters. The van der Waals surface area contributed by atoms with E-state index < -0.39 is 10.0 Å². The SMILES string of the molecule is Cc1ccc(Cl)cc1N1CCC(CNC(=O)C2CCN(S(=O)(=O)c3cn(C)c(C)n3)CC2)C1. The summed E-state index contributed by atoms with van der Waals surface area (Å²) in [6.07, 6.45) is 3.61. The van der Waals surface area contributed by atoms with E-state index in [2.05, 4.69) is 22.1 Å². The molecule has 1 aromatic carbocycles. The van der Waals surface area contributed by atoms with Crippen LogP contribution in [0.1, 0.15) is 30.7 Å². The monoisotopic (exact) mass is 493 g/mol. The van der Waals surface area contributed by atoms with Gasteiger partial charge in [-0.15, -0.1) is 0 Å². The lowest BCUT2D eigenvalue weighted by Gasteiger charge is -2.30. The number of carbonyl (C=O) groups excluding carboxylic acids is 1. The van der Waals surface area contributed by atoms with Crippen LogP contribution in [0.15, 0.2) is 29.4 Å². The number of aryl methyl sites for hydroxylation is 3. The van der Waals surface area contributed by atoms with E-state index in [0.717, 1.165) is 30.2 Å². The highest BCUT2D eigenvalue weighted by atomic mass is 35.5. The number of hydrogen-bond donors (Lipinski definition) is 1. The van der Waals surface area contributed by atoms with E-state index >= 15 is 0 Å². The summed E-state index contributed by atoms with van der Waals surface area (Å²) in [5.74, 6) is 0.909. The Morgan fingerprint density at radius 2 is 1.91 bits per heavy atom. The molecule has 1 N–H and O–H groups in total. The van der Waals surface area contributed by atoms with Crippen molar-refractivity contribution in [1.29, 1.82) is 0 Å². The van der Waals surface area contributed by atoms with Crippen LogP contribution < -0.4 is 10.2 Å². The first kappa shape index (κ1) is 24.0. The molecular formula is C23H32ClN5O3S. The predicted octanol–water partition coefficient (Wildman–Crippen LogP) is 2.73. The van der Waals surface area contributed by atoms with Crippen molar-refractivity contribution in [3.8, 4) is 0 Å². The molecule has 1 aromatic heterocycles. The molecule has 0 radical (unpaired) electrons. The molecule has 2 fully saturated rings. The van der Waals surface area contributed by atoms with Gasteiger partial charge in [0.1, 0.15) is 5.82 Å². The van der Waals surface area contributed by atoms with Gasteiger partial charge in [0.25, 0.3) is 10.0 Å². The number of hydrogen-bond acceptors (Lipinski definition) is 5. The van der Waals surface area contributed by atoms with Crippen molar-refractivity contribution in [1.82, 2.24) is 19.2 Å². The normalized spacial score (nSPS) is 20.4. The molecule has 2 saturated heterocycles. The first-order chi connectivity index (χ1) is 15.6. The highest BCUT2D eigenvalue weighted by Crippen LogP contribution is 2.29. The first-order valence-corrected chi connectivity index (χ1v) is 13.3. The molecule has 0 spiro atoms. The Morgan fingerprint density at radius 3 is 2.58 bits per heavy atom. The zero-order valence-corrected chi connectivity index (χ0v) is 21.0. The molecule has 33 heavy (non-hydrogen) atoms. The number of carbonyl (C=O) groups is 1. The fourth-order valence-corrected chi connectivity index (χ4v) is 6.33. The number of nitrogens with one attached hydrogen (secondary N) is 1. The van der Waals surface area contributed by atoms with E-state index in [-0.39, 0.29) is 16.9 Å². The third kappa shape index (κ3) is 5.20. The minimum Gasteiger partial charge on any atom is -0.371 e. The molecule has 2 aromatic rings. The van der Waals surface area contributed by atoms with Gasteiger partial charge in [-0.05, 0) is 56.7 Å². The van der Waals surface area contributed by atoms with Gasteiger partial charge in [-0.2, -0.15) is 4.31 Å². The van der Waals surface area contributed by atoms with Crippen LogP contribution in [0.25, 0.3) is 0 Å². The number of halogens is 1. The quantitative estimate of drug-likeness (QED) is 0.668. The van der Waals surface area contributed by atoms with E-state index in [9.17, 15) is 13.2 Å². The molecule has 0 bridgehead atoms. The topological polar surface area (TPSA) is 87.5 Å². The van der Waals surface area contributed by atoms with Crippen LogP contribution in [0.3, 0.4) is 0 Å². The molecule has 1 atom stereocenters. The summed E-state index contributed by atoms with van der Waals surface area (Å²) >= 11 is 6.17. The number of amides is 1. The summed E-state index contributed by atoms with van der Waals surface area (Å²) in [5, 5.41) is 3.92. The molecule has 8 nitrogen and oxygen atoms in total. The van der Waals surface area contributed by atoms with Crippen LogP contribution >= 0.6 is 11.6 Å². The second-order valence-electron chi connectivity index (χ2n) is 9.19. The maximum Gasteiger partial charge on any atom is 0.262 e. The second-order valence-corrected chi connectivity index (χ2v) is 11.5. The molecule has 10 heteroatoms. The van der Waals surface area contributed by atoms with E-state index in [0.29, 0.717) is 44.2 Å². The Balaban J connectivity index is 1.26. The van der Waals surface area contributed by atoms with Gasteiger partial charge in [-0.25, -0.2) is 13.4 Å². The first-order valence-electron chi connectivity index (χ1n) is 11.4. The van der Waals surface area contributed by atoms with Crippen LogP contribution in [-0.4, -0.2) is 60.9 Å². The van der Waals surface area contributed by atoms with Gasteiger partial charge in [0, 0.05) is 62.6 Å². The van der Waals surface area contributed by atoms with Crippen LogP contribution in [-0.2, 0) is 21.9 Å². The third-order valence-corrected chi connectivity index (χ3v) is 8.88. The Kier molecular flexibility index (Phi) is 7.02. The van der Waals surface area contributed by atoms with Gasteiger partial charge in [0.2, 0.25) is 5.91 Å². The number of sulfonamides is 1. The number of benzene rings is 1. The van der Waals surface area contributed by atoms with Crippen LogP contribution in [0, 0.1) is 25.7 Å². The fraction of sp³-hybridized carbons (Fsp3) is 0.565. The summed E-state index contributed by atoms with van der Waals surface area (Å²) in [4.78, 5) is 19.3. The number of imidazole rings is 1. The van der Waals surface area contributed by atoms with Crippen molar-refractivity contribution in [2.24, 2.45) is 18.9 Å². The summed E-state index contributed by atoms with van der Waals surface area (Å²) in [5.41, 5.74) is 2.36. The number of anilines is 1. The van der Waals surface area contributed by atoms with E-state index in [4.69, 9.17) is 11.6 Å². The second kappa shape index (κ2) is 9.64. The lowest BCUT2D eigenvalue weighted by Crippen LogP contribution is -2.44. The largest absolute Gasteiger partial charge is 0.371 e. The van der Waals surface area contributed by atoms with Gasteiger partial charge >= 0.3 is 0 Å². The molecule has 2 aliphatic rings. The maximum absolute atomic E-state index is 12.9. The molecular weight excluding hydrogens is 462 g/mol. The fourth-order valence-electron chi connectivity index (χ4n) is 4.67. The third-order valence-electron chi connectivity index (χ3n) is 6.88. The standard InChI is InChI=1S/C23H32ClN5O3S/c1-16-4-5-20(24)12-21(16)28-9-6-18(14-28)13-25-23(30)19-7-10-29(11-8-19)33(31,32)22-15-27(3)17(2)26-22/h4-5,12,15,18-19H,6-11,13-14H2,1-3H3,(H,25,30). The Hall–Kier alpha value is -2.10. The Morgan fingerprint density at radius 1 is 1.18 bits per heavy atom. The summed E-state index contributed by atoms with van der Waals surface area (Å²) in [6, 6.07) is 5.95. The summed E-state index contributed by atoms with van der Waals surface area (Å²) < 4.78 is 28.9. The minimum absolute atomic E-state index is 0.0260. The van der Waals surface area contributed by atoms with Crippen molar-refractivity contribution >= 4 is 33.2 Å². The van der Waals surface area contributed by atoms with Crippen molar-refractivity contribution in [2.75, 3.05) is 37.6 Å². The molecule has 1 amide bonds. The van der Waals surface area contributed by atoms with Gasteiger partial charge < -0.3 is 14.8 Å². The molecule has 3 heterocycles. The summed E-state index contributed by atoms with van der Waals surface area (Å²) in [7, 11) is -1.85. The van der Waals surface area contributed by atoms with E-state index in [1.807, 2.05) is 18.2 Å². The average molecular weight is 494 g/mol. The van der Waals surface area contributed by atoms with Crippen LogP contribution in [0.5, 0.6) is 0 Å². The van der Waals surface area contributed by atoms with Crippen molar-refractivity contribution < 1.29 is 13.2 Å². The molecule has 0 saturated carbocycles. The number of aromatic nitrogens is 2. The lowest BCUT2D eigenvalue weighted by molar-refractivity contribution is -0.126. The van der Waals surface area contributed by atoms with Gasteiger partial charge in [0.15, 0.2) is 5.03 Å². The maximum atomic E-state index is 12.9. The minimum atomic E-state index is -3.62. The zero-order valence-electron chi connectivity index (χ0n) is 19.4. The predicted molar refractivity (Wildman–Crippen MR) is 129 cm³/mol. The van der Waals surface area contributed by atoms with E-state index in [1.54, 1.807) is 24.7 Å². The number of piperidine rings is 1. The van der Waals surface area contributed by atoms with Crippen LogP contribution in [0.4, 0.5) is 5.69 Å². The van der Waals surface area contributed by atoms with Gasteiger partial charge in [-0.3, -0.25) is 4.79 Å². The average Bonchev–Trinajstić information content (AvgIpc) is 3.40. The smallest absolute Gasteiger partial charge is 0.262 e. The summed E-state index contributed by atoms with van der Waals surface area (Å²) in [6.45, 7) is 7.01. The number of rotatable bonds is 6. The van der Waals surface area contributed by atoms with Crippen molar-refractivity contribution in [2.45, 2.75) is 38.1 Å². The van der Waals surface area contributed by atoms with E-state index in [1.165, 1.54) is 9.87 Å². The highest BCUT2D eigenvalue weighted by Gasteiger charge is 2.34. The van der Waals surface area contributed by atoms with Crippen molar-refractivity contribution in [3.05, 3.63) is 40.8 Å². The lowest BCUT2D eigenvalue weighted by atomic mass is 9.97. The molecule has 4 rings (SSSR count). The highest BCUT2D eigenvalue weighted by molar-refractivity contribution is 7.89. The molecule has 2 aliphatic heterocycles. The molecule has 180 valence electrons. The Labute approximate surface area is 201 Å². The molecule has 0 aliphatic carbocycles. The van der Waals surface area contributed by atoms with Gasteiger partial charge in [-0.1, -0.05) is 17.7 Å².